The zero-order valence-corrected chi connectivity index (χ0v) is 15.9. The number of anilines is 1. The monoisotopic (exact) mass is 387 g/mol. The van der Waals surface area contributed by atoms with Crippen LogP contribution in [0, 0.1) is 0 Å². The molecule has 3 aromatic heterocycles. The maximum absolute atomic E-state index is 4.64. The molecule has 1 atom stereocenters. The number of benzene rings is 1. The summed E-state index contributed by atoms with van der Waals surface area (Å²) < 4.78 is 1.82. The molecular weight excluding hydrogens is 366 g/mol. The van der Waals surface area contributed by atoms with E-state index < -0.39 is 0 Å². The molecule has 2 saturated heterocycles. The predicted molar refractivity (Wildman–Crippen MR) is 109 cm³/mol. The Morgan fingerprint density at radius 1 is 1.07 bits per heavy atom. The van der Waals surface area contributed by atoms with Gasteiger partial charge in [-0.15, -0.1) is 10.2 Å². The first-order valence-corrected chi connectivity index (χ1v) is 10.0. The van der Waals surface area contributed by atoms with Crippen LogP contribution in [0.5, 0.6) is 0 Å². The number of H-pyrrole nitrogens is 1. The SMILES string of the molecule is c1cnn(-c2ccc(-c3cnc(N4CCN5CCCC5C4)nn3)c3cn[nH]c23)c1. The number of piperazine rings is 1. The maximum Gasteiger partial charge on any atom is 0.245 e. The van der Waals surface area contributed by atoms with E-state index in [0.29, 0.717) is 6.04 Å². The minimum atomic E-state index is 0.632. The molecule has 2 aliphatic heterocycles. The summed E-state index contributed by atoms with van der Waals surface area (Å²) in [5, 5.41) is 21.6. The van der Waals surface area contributed by atoms with Gasteiger partial charge in [-0.1, -0.05) is 0 Å². The first-order chi connectivity index (χ1) is 14.4. The average Bonchev–Trinajstić information content (AvgIpc) is 3.54. The molecule has 0 radical (unpaired) electrons. The molecule has 1 unspecified atom stereocenters. The van der Waals surface area contributed by atoms with Crippen molar-refractivity contribution in [2.24, 2.45) is 0 Å². The van der Waals surface area contributed by atoms with Crippen molar-refractivity contribution < 1.29 is 0 Å². The van der Waals surface area contributed by atoms with Gasteiger partial charge in [0.15, 0.2) is 0 Å². The lowest BCUT2D eigenvalue weighted by atomic mass is 10.1. The minimum absolute atomic E-state index is 0.632. The van der Waals surface area contributed by atoms with Gasteiger partial charge in [-0.3, -0.25) is 10.00 Å². The Morgan fingerprint density at radius 3 is 2.93 bits per heavy atom. The predicted octanol–water partition coefficient (Wildman–Crippen LogP) is 1.88. The summed E-state index contributed by atoms with van der Waals surface area (Å²) in [6.45, 7) is 4.26. The van der Waals surface area contributed by atoms with E-state index >= 15 is 0 Å². The van der Waals surface area contributed by atoms with E-state index in [-0.39, 0.29) is 0 Å². The molecule has 29 heavy (non-hydrogen) atoms. The number of aromatic nitrogens is 7. The molecule has 1 N–H and O–H groups in total. The van der Waals surface area contributed by atoms with Crippen molar-refractivity contribution in [2.75, 3.05) is 31.1 Å². The fourth-order valence-corrected chi connectivity index (χ4v) is 4.56. The second kappa shape index (κ2) is 6.63. The summed E-state index contributed by atoms with van der Waals surface area (Å²) in [6, 6.07) is 6.57. The van der Waals surface area contributed by atoms with Crippen LogP contribution >= 0.6 is 0 Å². The van der Waals surface area contributed by atoms with E-state index in [1.165, 1.54) is 19.4 Å². The number of aromatic amines is 1. The fourth-order valence-electron chi connectivity index (χ4n) is 4.56. The fraction of sp³-hybridized carbons (Fsp3) is 0.350. The van der Waals surface area contributed by atoms with Gasteiger partial charge in [-0.2, -0.15) is 10.2 Å². The third-order valence-electron chi connectivity index (χ3n) is 6.04. The molecule has 4 aromatic rings. The number of fused-ring (bicyclic) bond motifs is 2. The molecular formula is C20H21N9. The average molecular weight is 387 g/mol. The third-order valence-corrected chi connectivity index (χ3v) is 6.04. The van der Waals surface area contributed by atoms with E-state index in [9.17, 15) is 0 Å². The lowest BCUT2D eigenvalue weighted by Gasteiger charge is -2.37. The Bertz CT molecular complexity index is 1130. The van der Waals surface area contributed by atoms with Crippen molar-refractivity contribution >= 4 is 16.9 Å². The highest BCUT2D eigenvalue weighted by Crippen LogP contribution is 2.30. The molecule has 9 heteroatoms. The molecule has 146 valence electrons. The summed E-state index contributed by atoms with van der Waals surface area (Å²) in [6.07, 6.45) is 9.87. The largest absolute Gasteiger partial charge is 0.337 e. The second-order valence-corrected chi connectivity index (χ2v) is 7.66. The summed E-state index contributed by atoms with van der Waals surface area (Å²) in [5.74, 6) is 0.719. The van der Waals surface area contributed by atoms with E-state index in [1.54, 1.807) is 6.20 Å². The van der Waals surface area contributed by atoms with Gasteiger partial charge in [0.25, 0.3) is 0 Å². The summed E-state index contributed by atoms with van der Waals surface area (Å²) in [4.78, 5) is 9.48. The zero-order valence-electron chi connectivity index (χ0n) is 15.9. The number of hydrogen-bond acceptors (Lipinski definition) is 7. The topological polar surface area (TPSA) is 91.7 Å². The van der Waals surface area contributed by atoms with Crippen LogP contribution in [0.1, 0.15) is 12.8 Å². The van der Waals surface area contributed by atoms with E-state index in [0.717, 1.165) is 53.4 Å². The van der Waals surface area contributed by atoms with Crippen LogP contribution in [0.15, 0.2) is 43.0 Å². The molecule has 2 aliphatic rings. The highest BCUT2D eigenvalue weighted by molar-refractivity contribution is 5.97. The van der Waals surface area contributed by atoms with Crippen LogP contribution in [0.3, 0.4) is 0 Å². The zero-order chi connectivity index (χ0) is 19.2. The van der Waals surface area contributed by atoms with E-state index in [4.69, 9.17) is 0 Å². The summed E-state index contributed by atoms with van der Waals surface area (Å²) in [5.41, 5.74) is 3.55. The molecule has 0 aliphatic carbocycles. The van der Waals surface area contributed by atoms with E-state index in [1.807, 2.05) is 41.5 Å². The van der Waals surface area contributed by atoms with Crippen LogP contribution in [0.2, 0.25) is 0 Å². The summed E-state index contributed by atoms with van der Waals surface area (Å²) in [7, 11) is 0. The Hall–Kier alpha value is -3.33. The van der Waals surface area contributed by atoms with Crippen LogP contribution in [-0.2, 0) is 0 Å². The van der Waals surface area contributed by atoms with Gasteiger partial charge < -0.3 is 4.90 Å². The van der Waals surface area contributed by atoms with Gasteiger partial charge in [0.05, 0.1) is 23.6 Å². The van der Waals surface area contributed by atoms with Crippen LogP contribution < -0.4 is 4.90 Å². The molecule has 0 bridgehead atoms. The van der Waals surface area contributed by atoms with Crippen molar-refractivity contribution in [1.29, 1.82) is 0 Å². The van der Waals surface area contributed by atoms with Crippen molar-refractivity contribution in [2.45, 2.75) is 18.9 Å². The molecule has 5 heterocycles. The Balaban J connectivity index is 1.31. The van der Waals surface area contributed by atoms with Crippen molar-refractivity contribution in [1.82, 2.24) is 40.1 Å². The van der Waals surface area contributed by atoms with Crippen LogP contribution in [0.4, 0.5) is 5.95 Å². The smallest absolute Gasteiger partial charge is 0.245 e. The van der Waals surface area contributed by atoms with Crippen molar-refractivity contribution in [3.8, 4) is 16.9 Å². The lowest BCUT2D eigenvalue weighted by Crippen LogP contribution is -2.50. The Labute approximate surface area is 167 Å². The van der Waals surface area contributed by atoms with Crippen molar-refractivity contribution in [3.05, 3.63) is 43.0 Å². The van der Waals surface area contributed by atoms with E-state index in [2.05, 4.69) is 40.3 Å². The van der Waals surface area contributed by atoms with Gasteiger partial charge in [-0.25, -0.2) is 9.67 Å². The molecule has 6 rings (SSSR count). The van der Waals surface area contributed by atoms with Crippen molar-refractivity contribution in [3.63, 3.8) is 0 Å². The second-order valence-electron chi connectivity index (χ2n) is 7.66. The molecule has 0 saturated carbocycles. The number of rotatable bonds is 3. The van der Waals surface area contributed by atoms with Gasteiger partial charge in [-0.05, 0) is 37.6 Å². The molecule has 9 nitrogen and oxygen atoms in total. The van der Waals surface area contributed by atoms with Gasteiger partial charge in [0.2, 0.25) is 5.95 Å². The molecule has 0 amide bonds. The summed E-state index contributed by atoms with van der Waals surface area (Å²) >= 11 is 0. The third kappa shape index (κ3) is 2.77. The minimum Gasteiger partial charge on any atom is -0.337 e. The first-order valence-electron chi connectivity index (χ1n) is 10.0. The maximum atomic E-state index is 4.64. The molecule has 1 aromatic carbocycles. The Morgan fingerprint density at radius 2 is 2.07 bits per heavy atom. The van der Waals surface area contributed by atoms with Gasteiger partial charge in [0, 0.05) is 49.0 Å². The first kappa shape index (κ1) is 16.6. The van der Waals surface area contributed by atoms with Crippen LogP contribution in [0.25, 0.3) is 27.8 Å². The quantitative estimate of drug-likeness (QED) is 0.574. The van der Waals surface area contributed by atoms with Crippen LogP contribution in [-0.4, -0.2) is 72.3 Å². The molecule has 2 fully saturated rings. The standard InChI is InChI=1S/C20H21N9/c1-3-14-13-28(10-9-27(14)7-1)20-21-12-17(24-26-20)15-4-5-18(29-8-2-6-23-29)19-16(15)11-22-25-19/h2,4-6,8,11-12,14H,1,3,7,9-10,13H2,(H,22,25). The van der Waals surface area contributed by atoms with Gasteiger partial charge in [0.1, 0.15) is 5.69 Å². The number of nitrogens with one attached hydrogen (secondary N) is 1. The molecule has 0 spiro atoms. The number of hydrogen-bond donors (Lipinski definition) is 1. The highest BCUT2D eigenvalue weighted by Gasteiger charge is 2.31. The normalized spacial score (nSPS) is 19.7. The number of nitrogens with zero attached hydrogens (tertiary/aromatic N) is 8. The van der Waals surface area contributed by atoms with Gasteiger partial charge >= 0.3 is 0 Å². The Kier molecular flexibility index (Phi) is 3.80. The lowest BCUT2D eigenvalue weighted by molar-refractivity contribution is 0.229. The highest BCUT2D eigenvalue weighted by atomic mass is 15.4.